The van der Waals surface area contributed by atoms with Gasteiger partial charge in [-0.05, 0) is 59.3 Å². The van der Waals surface area contributed by atoms with Gasteiger partial charge in [0, 0.05) is 30.7 Å². The second-order valence-electron chi connectivity index (χ2n) is 11.7. The third kappa shape index (κ3) is 13.1. The van der Waals surface area contributed by atoms with E-state index >= 15 is 0 Å². The van der Waals surface area contributed by atoms with Gasteiger partial charge in [-0.3, -0.25) is 9.69 Å². The van der Waals surface area contributed by atoms with Gasteiger partial charge < -0.3 is 14.9 Å². The van der Waals surface area contributed by atoms with Crippen LogP contribution in [0.2, 0.25) is 0 Å². The Kier molecular flexibility index (Phi) is 14.8. The number of carboxylic acids is 1. The predicted octanol–water partition coefficient (Wildman–Crippen LogP) is 6.81. The Morgan fingerprint density at radius 2 is 1.42 bits per heavy atom. The topological polar surface area (TPSA) is 70.0 Å². The minimum Gasteiger partial charge on any atom is -0.481 e. The third-order valence-corrected chi connectivity index (χ3v) is 7.39. The van der Waals surface area contributed by atoms with E-state index in [4.69, 9.17) is 9.84 Å². The summed E-state index contributed by atoms with van der Waals surface area (Å²) in [7, 11) is 0. The highest BCUT2D eigenvalue weighted by Crippen LogP contribution is 2.43. The molecule has 1 unspecified atom stereocenters. The van der Waals surface area contributed by atoms with Crippen LogP contribution in [-0.2, 0) is 9.53 Å². The average molecular weight is 470 g/mol. The van der Waals surface area contributed by atoms with E-state index in [0.717, 1.165) is 38.2 Å². The number of ether oxygens (including phenoxy) is 1. The summed E-state index contributed by atoms with van der Waals surface area (Å²) in [6, 6.07) is 0. The van der Waals surface area contributed by atoms with Crippen LogP contribution in [0.3, 0.4) is 0 Å². The number of carbonyl (C=O) groups is 1. The van der Waals surface area contributed by atoms with Gasteiger partial charge in [0.05, 0.1) is 12.7 Å². The number of rotatable bonds is 19. The molecule has 5 nitrogen and oxygen atoms in total. The fourth-order valence-electron chi connectivity index (χ4n) is 5.90. The minimum atomic E-state index is -0.669. The lowest BCUT2D eigenvalue weighted by molar-refractivity contribution is -0.137. The maximum Gasteiger partial charge on any atom is 0.303 e. The Bertz CT molecular complexity index is 502. The van der Waals surface area contributed by atoms with Crippen LogP contribution in [0.5, 0.6) is 0 Å². The van der Waals surface area contributed by atoms with Crippen molar-refractivity contribution < 1.29 is 19.7 Å². The third-order valence-electron chi connectivity index (χ3n) is 7.39. The first-order valence-electron chi connectivity index (χ1n) is 13.8. The van der Waals surface area contributed by atoms with Crippen molar-refractivity contribution in [3.63, 3.8) is 0 Å². The van der Waals surface area contributed by atoms with Crippen molar-refractivity contribution in [1.29, 1.82) is 0 Å². The van der Waals surface area contributed by atoms with Gasteiger partial charge in [-0.25, -0.2) is 0 Å². The summed E-state index contributed by atoms with van der Waals surface area (Å²) >= 11 is 0. The second kappa shape index (κ2) is 16.1. The molecule has 1 aliphatic rings. The quantitative estimate of drug-likeness (QED) is 0.203. The van der Waals surface area contributed by atoms with Crippen molar-refractivity contribution in [3.8, 4) is 0 Å². The monoisotopic (exact) mass is 469 g/mol. The molecule has 0 amide bonds. The molecule has 1 heterocycles. The molecule has 33 heavy (non-hydrogen) atoms. The summed E-state index contributed by atoms with van der Waals surface area (Å²) in [6.45, 7) is 13.4. The highest BCUT2D eigenvalue weighted by molar-refractivity contribution is 5.66. The number of likely N-dealkylation sites (tertiary alicyclic amines) is 1. The summed E-state index contributed by atoms with van der Waals surface area (Å²) in [6.07, 6.45) is 16.7. The smallest absolute Gasteiger partial charge is 0.303 e. The van der Waals surface area contributed by atoms with E-state index in [0.29, 0.717) is 19.6 Å². The first-order chi connectivity index (χ1) is 15.6. The van der Waals surface area contributed by atoms with E-state index in [1.807, 2.05) is 0 Å². The maximum atomic E-state index is 10.6. The van der Waals surface area contributed by atoms with E-state index < -0.39 is 12.1 Å². The fourth-order valence-corrected chi connectivity index (χ4v) is 5.90. The molecule has 0 aromatic carbocycles. The van der Waals surface area contributed by atoms with Gasteiger partial charge in [0.1, 0.15) is 0 Å². The van der Waals surface area contributed by atoms with E-state index in [2.05, 4.69) is 39.5 Å². The van der Waals surface area contributed by atoms with Gasteiger partial charge in [-0.15, -0.1) is 0 Å². The predicted molar refractivity (Wildman–Crippen MR) is 138 cm³/mol. The molecule has 0 spiro atoms. The average Bonchev–Trinajstić information content (AvgIpc) is 2.71. The Morgan fingerprint density at radius 3 is 1.94 bits per heavy atom. The summed E-state index contributed by atoms with van der Waals surface area (Å²) in [5.41, 5.74) is 0.189. The van der Waals surface area contributed by atoms with Crippen LogP contribution in [-0.4, -0.2) is 58.0 Å². The Hall–Kier alpha value is -0.650. The number of β-amino-alcohol motifs (C(OH)–C–C–N with tert-alkyl or cyclic N) is 1. The van der Waals surface area contributed by atoms with Crippen molar-refractivity contribution >= 4 is 5.97 Å². The Labute approximate surface area is 204 Å². The van der Waals surface area contributed by atoms with Crippen LogP contribution in [0.4, 0.5) is 0 Å². The minimum absolute atomic E-state index is 0.0947. The number of hydrogen-bond acceptors (Lipinski definition) is 4. The first-order valence-corrected chi connectivity index (χ1v) is 13.8. The molecule has 0 aromatic heterocycles. The number of carboxylic acid groups (broad SMARTS) is 1. The van der Waals surface area contributed by atoms with Crippen LogP contribution in [0.1, 0.15) is 131 Å². The highest BCUT2D eigenvalue weighted by Gasteiger charge is 2.45. The van der Waals surface area contributed by atoms with Crippen molar-refractivity contribution in [2.75, 3.05) is 19.8 Å². The van der Waals surface area contributed by atoms with Crippen molar-refractivity contribution in [2.45, 2.75) is 148 Å². The van der Waals surface area contributed by atoms with Crippen LogP contribution >= 0.6 is 0 Å². The van der Waals surface area contributed by atoms with Crippen molar-refractivity contribution in [1.82, 2.24) is 4.90 Å². The second-order valence-corrected chi connectivity index (χ2v) is 11.7. The molecule has 5 heteroatoms. The molecule has 2 N–H and O–H groups in total. The molecule has 1 aliphatic heterocycles. The van der Waals surface area contributed by atoms with Gasteiger partial charge in [0.25, 0.3) is 0 Å². The summed E-state index contributed by atoms with van der Waals surface area (Å²) in [5.74, 6) is 0.0934. The van der Waals surface area contributed by atoms with Gasteiger partial charge in [0.15, 0.2) is 0 Å². The molecule has 0 saturated carbocycles. The largest absolute Gasteiger partial charge is 0.481 e. The zero-order chi connectivity index (χ0) is 24.7. The molecule has 0 aromatic rings. The highest BCUT2D eigenvalue weighted by atomic mass is 16.5. The van der Waals surface area contributed by atoms with Gasteiger partial charge in [-0.1, -0.05) is 71.1 Å². The number of piperidine rings is 1. The molecule has 0 aliphatic carbocycles. The van der Waals surface area contributed by atoms with Crippen LogP contribution < -0.4 is 0 Å². The normalized spacial score (nSPS) is 19.6. The molecular formula is C28H55NO4. The number of aliphatic hydroxyl groups excluding tert-OH is 1. The van der Waals surface area contributed by atoms with Crippen LogP contribution in [0.25, 0.3) is 0 Å². The zero-order valence-corrected chi connectivity index (χ0v) is 22.5. The number of hydrogen-bond donors (Lipinski definition) is 2. The first kappa shape index (κ1) is 30.4. The van der Waals surface area contributed by atoms with Crippen LogP contribution in [0.15, 0.2) is 0 Å². The van der Waals surface area contributed by atoms with Gasteiger partial charge >= 0.3 is 5.97 Å². The molecule has 1 atom stereocenters. The van der Waals surface area contributed by atoms with Gasteiger partial charge in [-0.2, -0.15) is 0 Å². The van der Waals surface area contributed by atoms with E-state index in [1.165, 1.54) is 64.2 Å². The number of nitrogens with zero attached hydrogens (tertiary/aromatic N) is 1. The SMILES string of the molecule is CCCCOCC(O)CN1C(C)(C)CC(CCCCCCCCCCCC(=O)O)CC1(C)C. The van der Waals surface area contributed by atoms with E-state index in [9.17, 15) is 9.90 Å². The zero-order valence-electron chi connectivity index (χ0n) is 22.5. The fraction of sp³-hybridized carbons (Fsp3) is 0.964. The van der Waals surface area contributed by atoms with Crippen molar-refractivity contribution in [3.05, 3.63) is 0 Å². The Balaban J connectivity index is 2.24. The molecule has 1 saturated heterocycles. The Morgan fingerprint density at radius 1 is 0.909 bits per heavy atom. The van der Waals surface area contributed by atoms with E-state index in [1.54, 1.807) is 0 Å². The molecule has 1 fully saturated rings. The number of aliphatic carboxylic acids is 1. The van der Waals surface area contributed by atoms with Crippen LogP contribution in [0, 0.1) is 5.92 Å². The maximum absolute atomic E-state index is 10.6. The van der Waals surface area contributed by atoms with E-state index in [-0.39, 0.29) is 11.1 Å². The lowest BCUT2D eigenvalue weighted by atomic mass is 9.72. The summed E-state index contributed by atoms with van der Waals surface area (Å²) in [4.78, 5) is 13.0. The number of aliphatic hydroxyl groups is 1. The van der Waals surface area contributed by atoms with Gasteiger partial charge in [0.2, 0.25) is 0 Å². The van der Waals surface area contributed by atoms with Crippen molar-refractivity contribution in [2.24, 2.45) is 5.92 Å². The molecule has 0 bridgehead atoms. The molecule has 196 valence electrons. The molecular weight excluding hydrogens is 414 g/mol. The summed E-state index contributed by atoms with van der Waals surface area (Å²) in [5, 5.41) is 19.2. The molecule has 1 rings (SSSR count). The molecule has 0 radical (unpaired) electrons. The summed E-state index contributed by atoms with van der Waals surface area (Å²) < 4.78 is 5.66. The lowest BCUT2D eigenvalue weighted by Crippen LogP contribution is -2.62. The number of unbranched alkanes of at least 4 members (excludes halogenated alkanes) is 9. The lowest BCUT2D eigenvalue weighted by Gasteiger charge is -2.56. The standard InChI is InChI=1S/C28H55NO4/c1-6-7-19-33-23-25(30)22-29-27(2,3)20-24(21-28(29,4)5)17-15-13-11-9-8-10-12-14-16-18-26(31)32/h24-25,30H,6-23H2,1-5H3,(H,31,32).